The first-order valence-corrected chi connectivity index (χ1v) is 6.98. The van der Waals surface area contributed by atoms with Crippen molar-refractivity contribution < 1.29 is 4.42 Å². The topological polar surface area (TPSA) is 75.9 Å². The average Bonchev–Trinajstić information content (AvgIpc) is 2.94. The lowest BCUT2D eigenvalue weighted by molar-refractivity contribution is 0.428. The second-order valence-electron chi connectivity index (χ2n) is 4.54. The Balaban J connectivity index is 1.97. The molecule has 20 heavy (non-hydrogen) atoms. The largest absolute Gasteiger partial charge is 0.406 e. The van der Waals surface area contributed by atoms with E-state index in [0.29, 0.717) is 18.5 Å². The molecule has 0 aromatic carbocycles. The van der Waals surface area contributed by atoms with E-state index in [1.54, 1.807) is 6.20 Å². The molecule has 0 fully saturated rings. The molecule has 1 unspecified atom stereocenters. The molecular formula is C14H21N5O. The van der Waals surface area contributed by atoms with Crippen molar-refractivity contribution in [2.24, 2.45) is 0 Å². The van der Waals surface area contributed by atoms with E-state index in [1.807, 2.05) is 19.9 Å². The van der Waals surface area contributed by atoms with Gasteiger partial charge in [-0.1, -0.05) is 25.0 Å². The first-order valence-electron chi connectivity index (χ1n) is 6.98. The number of aromatic nitrogens is 3. The molecule has 108 valence electrons. The first-order chi connectivity index (χ1) is 9.74. The van der Waals surface area contributed by atoms with Crippen molar-refractivity contribution >= 4 is 6.01 Å². The van der Waals surface area contributed by atoms with Crippen molar-refractivity contribution in [1.82, 2.24) is 20.5 Å². The molecular weight excluding hydrogens is 254 g/mol. The third kappa shape index (κ3) is 3.54. The lowest BCUT2D eigenvalue weighted by atomic mass is 10.1. The number of nitrogens with one attached hydrogen (secondary N) is 2. The minimum atomic E-state index is 0.0594. The van der Waals surface area contributed by atoms with Crippen LogP contribution >= 0.6 is 0 Å². The Hall–Kier alpha value is -1.95. The SMILES string of the molecule is CCNC(C)c1nnc(NCc2ncccc2CC)o1. The van der Waals surface area contributed by atoms with Crippen molar-refractivity contribution in [3.05, 3.63) is 35.5 Å². The predicted octanol–water partition coefficient (Wildman–Crippen LogP) is 2.31. The van der Waals surface area contributed by atoms with Gasteiger partial charge in [0.25, 0.3) is 0 Å². The smallest absolute Gasteiger partial charge is 0.315 e. The standard InChI is InChI=1S/C14H21N5O/c1-4-11-7-6-8-16-12(11)9-17-14-19-18-13(20-14)10(3)15-5-2/h6-8,10,15H,4-5,9H2,1-3H3,(H,17,19). The summed E-state index contributed by atoms with van der Waals surface area (Å²) < 4.78 is 5.57. The summed E-state index contributed by atoms with van der Waals surface area (Å²) >= 11 is 0. The molecule has 2 aromatic rings. The molecule has 0 aliphatic heterocycles. The maximum Gasteiger partial charge on any atom is 0.315 e. The van der Waals surface area contributed by atoms with Crippen LogP contribution in [0.3, 0.4) is 0 Å². The van der Waals surface area contributed by atoms with Crippen LogP contribution in [0.1, 0.15) is 44.0 Å². The maximum absolute atomic E-state index is 5.57. The highest BCUT2D eigenvalue weighted by molar-refractivity contribution is 5.25. The van der Waals surface area contributed by atoms with E-state index < -0.39 is 0 Å². The van der Waals surface area contributed by atoms with Gasteiger partial charge in [-0.25, -0.2) is 0 Å². The molecule has 2 rings (SSSR count). The van der Waals surface area contributed by atoms with E-state index in [1.165, 1.54) is 5.56 Å². The molecule has 6 heteroatoms. The van der Waals surface area contributed by atoms with Gasteiger partial charge in [-0.15, -0.1) is 5.10 Å². The van der Waals surface area contributed by atoms with Gasteiger partial charge in [-0.3, -0.25) is 4.98 Å². The summed E-state index contributed by atoms with van der Waals surface area (Å²) in [7, 11) is 0. The van der Waals surface area contributed by atoms with Crippen molar-refractivity contribution in [1.29, 1.82) is 0 Å². The zero-order valence-corrected chi connectivity index (χ0v) is 12.2. The summed E-state index contributed by atoms with van der Waals surface area (Å²) in [6.45, 7) is 7.60. The summed E-state index contributed by atoms with van der Waals surface area (Å²) in [6.07, 6.45) is 2.75. The number of rotatable bonds is 7. The second kappa shape index (κ2) is 7.00. The molecule has 2 aromatic heterocycles. The highest BCUT2D eigenvalue weighted by Crippen LogP contribution is 2.14. The third-order valence-electron chi connectivity index (χ3n) is 3.09. The minimum Gasteiger partial charge on any atom is -0.406 e. The molecule has 6 nitrogen and oxygen atoms in total. The van der Waals surface area contributed by atoms with E-state index in [9.17, 15) is 0 Å². The number of pyridine rings is 1. The van der Waals surface area contributed by atoms with E-state index in [0.717, 1.165) is 18.7 Å². The van der Waals surface area contributed by atoms with Crippen LogP contribution in [0, 0.1) is 0 Å². The quantitative estimate of drug-likeness (QED) is 0.807. The Bertz CT molecular complexity index is 540. The highest BCUT2D eigenvalue weighted by atomic mass is 16.4. The third-order valence-corrected chi connectivity index (χ3v) is 3.09. The van der Waals surface area contributed by atoms with Crippen LogP contribution < -0.4 is 10.6 Å². The van der Waals surface area contributed by atoms with Gasteiger partial charge >= 0.3 is 6.01 Å². The Morgan fingerprint density at radius 1 is 1.30 bits per heavy atom. The number of hydrogen-bond acceptors (Lipinski definition) is 6. The lowest BCUT2D eigenvalue weighted by Gasteiger charge is -2.07. The zero-order valence-electron chi connectivity index (χ0n) is 12.2. The molecule has 0 spiro atoms. The molecule has 2 heterocycles. The van der Waals surface area contributed by atoms with E-state index in [-0.39, 0.29) is 6.04 Å². The molecule has 0 aliphatic rings. The van der Waals surface area contributed by atoms with Gasteiger partial charge in [0.1, 0.15) is 0 Å². The molecule has 0 amide bonds. The predicted molar refractivity (Wildman–Crippen MR) is 77.3 cm³/mol. The lowest BCUT2D eigenvalue weighted by Crippen LogP contribution is -2.17. The number of nitrogens with zero attached hydrogens (tertiary/aromatic N) is 3. The fourth-order valence-corrected chi connectivity index (χ4v) is 1.99. The monoisotopic (exact) mass is 275 g/mol. The van der Waals surface area contributed by atoms with Crippen molar-refractivity contribution in [3.63, 3.8) is 0 Å². The van der Waals surface area contributed by atoms with Gasteiger partial charge in [0.15, 0.2) is 0 Å². The van der Waals surface area contributed by atoms with Crippen molar-refractivity contribution in [2.75, 3.05) is 11.9 Å². The molecule has 1 atom stereocenters. The number of aryl methyl sites for hydroxylation is 1. The van der Waals surface area contributed by atoms with Crippen LogP contribution in [0.2, 0.25) is 0 Å². The van der Waals surface area contributed by atoms with Crippen LogP contribution in [0.4, 0.5) is 6.01 Å². The number of hydrogen-bond donors (Lipinski definition) is 2. The molecule has 2 N–H and O–H groups in total. The van der Waals surface area contributed by atoms with Gasteiger partial charge in [-0.05, 0) is 31.5 Å². The normalized spacial score (nSPS) is 12.3. The van der Waals surface area contributed by atoms with Crippen molar-refractivity contribution in [3.8, 4) is 0 Å². The summed E-state index contributed by atoms with van der Waals surface area (Å²) in [5, 5.41) is 14.4. The second-order valence-corrected chi connectivity index (χ2v) is 4.54. The van der Waals surface area contributed by atoms with Crippen LogP contribution in [-0.2, 0) is 13.0 Å². The average molecular weight is 275 g/mol. The Morgan fingerprint density at radius 3 is 2.90 bits per heavy atom. The van der Waals surface area contributed by atoms with Gasteiger partial charge in [0, 0.05) is 6.20 Å². The van der Waals surface area contributed by atoms with Crippen LogP contribution in [0.15, 0.2) is 22.7 Å². The molecule has 0 bridgehead atoms. The fraction of sp³-hybridized carbons (Fsp3) is 0.500. The Labute approximate surface area is 119 Å². The summed E-state index contributed by atoms with van der Waals surface area (Å²) in [5.41, 5.74) is 2.23. The summed E-state index contributed by atoms with van der Waals surface area (Å²) in [5.74, 6) is 0.589. The minimum absolute atomic E-state index is 0.0594. The van der Waals surface area contributed by atoms with Gasteiger partial charge in [-0.2, -0.15) is 0 Å². The van der Waals surface area contributed by atoms with E-state index in [2.05, 4.69) is 38.8 Å². The Kier molecular flexibility index (Phi) is 5.06. The molecule has 0 aliphatic carbocycles. The van der Waals surface area contributed by atoms with Gasteiger partial charge in [0.2, 0.25) is 5.89 Å². The number of anilines is 1. The van der Waals surface area contributed by atoms with Crippen molar-refractivity contribution in [2.45, 2.75) is 39.8 Å². The first kappa shape index (κ1) is 14.5. The van der Waals surface area contributed by atoms with Crippen LogP contribution in [-0.4, -0.2) is 21.7 Å². The van der Waals surface area contributed by atoms with Crippen LogP contribution in [0.25, 0.3) is 0 Å². The van der Waals surface area contributed by atoms with Crippen LogP contribution in [0.5, 0.6) is 0 Å². The summed E-state index contributed by atoms with van der Waals surface area (Å²) in [4.78, 5) is 4.37. The zero-order chi connectivity index (χ0) is 14.4. The van der Waals surface area contributed by atoms with Gasteiger partial charge < -0.3 is 15.1 Å². The molecule has 0 saturated carbocycles. The molecule has 0 saturated heterocycles. The molecule has 0 radical (unpaired) electrons. The fourth-order valence-electron chi connectivity index (χ4n) is 1.99. The maximum atomic E-state index is 5.57. The highest BCUT2D eigenvalue weighted by Gasteiger charge is 2.12. The Morgan fingerprint density at radius 2 is 2.15 bits per heavy atom. The van der Waals surface area contributed by atoms with E-state index in [4.69, 9.17) is 4.42 Å². The summed E-state index contributed by atoms with van der Waals surface area (Å²) in [6, 6.07) is 4.52. The van der Waals surface area contributed by atoms with E-state index >= 15 is 0 Å². The van der Waals surface area contributed by atoms with Gasteiger partial charge in [0.05, 0.1) is 18.3 Å².